The number of hydrogen-bond donors (Lipinski definition) is 1. The first-order valence-corrected chi connectivity index (χ1v) is 10.9. The summed E-state index contributed by atoms with van der Waals surface area (Å²) in [6.07, 6.45) is 0.991. The van der Waals surface area contributed by atoms with Gasteiger partial charge in [-0.15, -0.1) is 0 Å². The second kappa shape index (κ2) is 11.5. The third-order valence-corrected chi connectivity index (χ3v) is 5.60. The van der Waals surface area contributed by atoms with E-state index in [1.165, 1.54) is 34.8 Å². The van der Waals surface area contributed by atoms with Crippen LogP contribution in [0.4, 0.5) is 9.52 Å². The fourth-order valence-electron chi connectivity index (χ4n) is 2.97. The predicted octanol–water partition coefficient (Wildman–Crippen LogP) is 3.74. The largest absolute Gasteiger partial charge is 0.383 e. The van der Waals surface area contributed by atoms with Crippen LogP contribution in [-0.4, -0.2) is 42.1 Å². The molecule has 1 heterocycles. The summed E-state index contributed by atoms with van der Waals surface area (Å²) >= 11 is 1.34. The van der Waals surface area contributed by atoms with Gasteiger partial charge in [0.1, 0.15) is 11.6 Å². The van der Waals surface area contributed by atoms with Crippen molar-refractivity contribution < 1.29 is 13.9 Å². The number of benzene rings is 2. The number of nitrogens with zero attached hydrogens (tertiary/aromatic N) is 3. The summed E-state index contributed by atoms with van der Waals surface area (Å²) in [5.41, 5.74) is 3.24. The van der Waals surface area contributed by atoms with Crippen LogP contribution in [0.5, 0.6) is 0 Å². The Bertz CT molecular complexity index is 960. The van der Waals surface area contributed by atoms with E-state index >= 15 is 0 Å². The smallest absolute Gasteiger partial charge is 0.222 e. The summed E-state index contributed by atoms with van der Waals surface area (Å²) in [7, 11) is 1.65. The molecule has 0 saturated carbocycles. The molecule has 0 saturated heterocycles. The van der Waals surface area contributed by atoms with Crippen LogP contribution >= 0.6 is 11.5 Å². The van der Waals surface area contributed by atoms with Crippen molar-refractivity contribution in [2.75, 3.05) is 31.7 Å². The Morgan fingerprint density at radius 3 is 2.52 bits per heavy atom. The maximum absolute atomic E-state index is 13.0. The summed E-state index contributed by atoms with van der Waals surface area (Å²) < 4.78 is 22.7. The lowest BCUT2D eigenvalue weighted by Gasteiger charge is -2.20. The number of methoxy groups -OCH3 is 1. The molecule has 1 amide bonds. The van der Waals surface area contributed by atoms with Gasteiger partial charge in [0.05, 0.1) is 6.61 Å². The normalized spacial score (nSPS) is 10.8. The molecule has 8 heteroatoms. The number of nitrogens with one attached hydrogen (secondary N) is 1. The van der Waals surface area contributed by atoms with E-state index < -0.39 is 0 Å². The Morgan fingerprint density at radius 1 is 1.10 bits per heavy atom. The molecule has 3 rings (SSSR count). The number of carbonyl (C=O) groups is 1. The standard InChI is InChI=1S/C23H27FN4O2S/c1-17-3-5-18(6-4-17)15-21-26-23(31-27-21)28(13-14-30-2)12-11-22(29)25-16-19-7-9-20(24)10-8-19/h3-10H,11-16H2,1-2H3,(H,25,29). The minimum absolute atomic E-state index is 0.0730. The number of amides is 1. The highest BCUT2D eigenvalue weighted by Gasteiger charge is 2.15. The average Bonchev–Trinajstić information content (AvgIpc) is 3.23. The fourth-order valence-corrected chi connectivity index (χ4v) is 3.70. The maximum atomic E-state index is 13.0. The highest BCUT2D eigenvalue weighted by molar-refractivity contribution is 7.09. The quantitative estimate of drug-likeness (QED) is 0.490. The molecule has 164 valence electrons. The van der Waals surface area contributed by atoms with Gasteiger partial charge in [0.2, 0.25) is 11.0 Å². The van der Waals surface area contributed by atoms with E-state index in [1.807, 2.05) is 4.90 Å². The van der Waals surface area contributed by atoms with Gasteiger partial charge in [-0.2, -0.15) is 4.37 Å². The second-order valence-corrected chi connectivity index (χ2v) is 8.02. The van der Waals surface area contributed by atoms with Crippen LogP contribution < -0.4 is 10.2 Å². The number of rotatable bonds is 11. The number of aryl methyl sites for hydroxylation is 1. The minimum Gasteiger partial charge on any atom is -0.383 e. The lowest BCUT2D eigenvalue weighted by Crippen LogP contribution is -2.32. The van der Waals surface area contributed by atoms with E-state index in [0.29, 0.717) is 39.1 Å². The van der Waals surface area contributed by atoms with Gasteiger partial charge in [0.25, 0.3) is 0 Å². The molecule has 31 heavy (non-hydrogen) atoms. The van der Waals surface area contributed by atoms with Crippen LogP contribution in [0.3, 0.4) is 0 Å². The lowest BCUT2D eigenvalue weighted by atomic mass is 10.1. The van der Waals surface area contributed by atoms with Gasteiger partial charge in [-0.1, -0.05) is 42.0 Å². The molecule has 0 spiro atoms. The van der Waals surface area contributed by atoms with E-state index in [9.17, 15) is 9.18 Å². The fraction of sp³-hybridized carbons (Fsp3) is 0.348. The van der Waals surface area contributed by atoms with Crippen molar-refractivity contribution in [1.29, 1.82) is 0 Å². The molecule has 2 aromatic carbocycles. The lowest BCUT2D eigenvalue weighted by molar-refractivity contribution is -0.121. The van der Waals surface area contributed by atoms with Gasteiger partial charge in [0.15, 0.2) is 0 Å². The Hall–Kier alpha value is -2.84. The number of anilines is 1. The van der Waals surface area contributed by atoms with Gasteiger partial charge < -0.3 is 15.0 Å². The number of hydrogen-bond acceptors (Lipinski definition) is 6. The van der Waals surface area contributed by atoms with Crippen molar-refractivity contribution in [3.8, 4) is 0 Å². The summed E-state index contributed by atoms with van der Waals surface area (Å²) in [5.74, 6) is 0.408. The highest BCUT2D eigenvalue weighted by atomic mass is 32.1. The van der Waals surface area contributed by atoms with Crippen LogP contribution in [-0.2, 0) is 22.5 Å². The van der Waals surface area contributed by atoms with Gasteiger partial charge in [-0.3, -0.25) is 4.79 Å². The molecule has 0 aliphatic heterocycles. The van der Waals surface area contributed by atoms with Gasteiger partial charge in [0, 0.05) is 51.1 Å². The van der Waals surface area contributed by atoms with Crippen LogP contribution in [0, 0.1) is 12.7 Å². The van der Waals surface area contributed by atoms with Crippen molar-refractivity contribution in [2.45, 2.75) is 26.3 Å². The summed E-state index contributed by atoms with van der Waals surface area (Å²) in [5, 5.41) is 3.65. The molecule has 0 fully saturated rings. The molecule has 0 aliphatic carbocycles. The van der Waals surface area contributed by atoms with Gasteiger partial charge >= 0.3 is 0 Å². The zero-order valence-electron chi connectivity index (χ0n) is 17.8. The third kappa shape index (κ3) is 7.41. The van der Waals surface area contributed by atoms with E-state index in [-0.39, 0.29) is 11.7 Å². The summed E-state index contributed by atoms with van der Waals surface area (Å²) in [6.45, 7) is 4.10. The van der Waals surface area contributed by atoms with Crippen molar-refractivity contribution >= 4 is 22.6 Å². The molecule has 0 radical (unpaired) electrons. The van der Waals surface area contributed by atoms with Gasteiger partial charge in [-0.25, -0.2) is 9.37 Å². The molecule has 3 aromatic rings. The first-order chi connectivity index (χ1) is 15.0. The Balaban J connectivity index is 1.54. The maximum Gasteiger partial charge on any atom is 0.222 e. The topological polar surface area (TPSA) is 67.3 Å². The van der Waals surface area contributed by atoms with Crippen LogP contribution in [0.2, 0.25) is 0 Å². The second-order valence-electron chi connectivity index (χ2n) is 7.29. The predicted molar refractivity (Wildman–Crippen MR) is 121 cm³/mol. The summed E-state index contributed by atoms with van der Waals surface area (Å²) in [6, 6.07) is 14.4. The molecular formula is C23H27FN4O2S. The molecular weight excluding hydrogens is 415 g/mol. The number of aromatic nitrogens is 2. The zero-order valence-corrected chi connectivity index (χ0v) is 18.6. The van der Waals surface area contributed by atoms with Gasteiger partial charge in [-0.05, 0) is 30.2 Å². The number of carbonyl (C=O) groups excluding carboxylic acids is 1. The molecule has 0 atom stereocenters. The Labute approximate surface area is 186 Å². The van der Waals surface area contributed by atoms with E-state index in [4.69, 9.17) is 4.74 Å². The molecule has 1 N–H and O–H groups in total. The minimum atomic E-state index is -0.289. The molecule has 0 unspecified atom stereocenters. The first-order valence-electron chi connectivity index (χ1n) is 10.2. The van der Waals surface area contributed by atoms with Crippen molar-refractivity contribution in [3.05, 3.63) is 76.9 Å². The van der Waals surface area contributed by atoms with Crippen molar-refractivity contribution in [1.82, 2.24) is 14.7 Å². The van der Waals surface area contributed by atoms with E-state index in [1.54, 1.807) is 19.2 Å². The molecule has 1 aromatic heterocycles. The van der Waals surface area contributed by atoms with Crippen molar-refractivity contribution in [2.24, 2.45) is 0 Å². The van der Waals surface area contributed by atoms with E-state index in [0.717, 1.165) is 16.5 Å². The van der Waals surface area contributed by atoms with Crippen LogP contribution in [0.15, 0.2) is 48.5 Å². The molecule has 0 bridgehead atoms. The van der Waals surface area contributed by atoms with Crippen LogP contribution in [0.25, 0.3) is 0 Å². The SMILES string of the molecule is COCCN(CCC(=O)NCc1ccc(F)cc1)c1nc(Cc2ccc(C)cc2)ns1. The third-order valence-electron chi connectivity index (χ3n) is 4.79. The molecule has 6 nitrogen and oxygen atoms in total. The van der Waals surface area contributed by atoms with E-state index in [2.05, 4.69) is 45.9 Å². The van der Waals surface area contributed by atoms with Crippen molar-refractivity contribution in [3.63, 3.8) is 0 Å². The number of ether oxygens (including phenoxy) is 1. The average molecular weight is 443 g/mol. The molecule has 0 aliphatic rings. The highest BCUT2D eigenvalue weighted by Crippen LogP contribution is 2.19. The monoisotopic (exact) mass is 442 g/mol. The first kappa shape index (κ1) is 22.8. The summed E-state index contributed by atoms with van der Waals surface area (Å²) in [4.78, 5) is 19.0. The Kier molecular flexibility index (Phi) is 8.49. The zero-order chi connectivity index (χ0) is 22.1. The number of halogens is 1. The Morgan fingerprint density at radius 2 is 1.81 bits per heavy atom. The van der Waals surface area contributed by atoms with Crippen LogP contribution in [0.1, 0.15) is 28.9 Å².